The van der Waals surface area contributed by atoms with Gasteiger partial charge < -0.3 is 16.1 Å². The van der Waals surface area contributed by atoms with Gasteiger partial charge in [-0.15, -0.1) is 0 Å². The summed E-state index contributed by atoms with van der Waals surface area (Å²) in [6, 6.07) is 0. The van der Waals surface area contributed by atoms with E-state index in [4.69, 9.17) is 19.2 Å². The summed E-state index contributed by atoms with van der Waals surface area (Å²) < 4.78 is 8.88. The van der Waals surface area contributed by atoms with E-state index in [1.807, 2.05) is 0 Å². The molecule has 0 radical (unpaired) electrons. The molecule has 0 atom stereocenters. The summed E-state index contributed by atoms with van der Waals surface area (Å²) in [4.78, 5) is 21.6. The van der Waals surface area contributed by atoms with Gasteiger partial charge in [-0.25, -0.2) is 4.57 Å². The third-order valence-electron chi connectivity index (χ3n) is 0. The number of phosphoric acid groups is 1. The van der Waals surface area contributed by atoms with Crippen LogP contribution in [0.15, 0.2) is 0 Å². The molecular formula is H8NaO4PSn. The van der Waals surface area contributed by atoms with Crippen molar-refractivity contribution >= 4 is 31.7 Å². The van der Waals surface area contributed by atoms with Crippen molar-refractivity contribution < 1.29 is 50.2 Å². The van der Waals surface area contributed by atoms with Crippen LogP contribution in [0.25, 0.3) is 0 Å². The molecule has 0 saturated heterocycles. The molecule has 0 saturated carbocycles. The Hall–Kier alpha value is 1.91. The predicted molar refractivity (Wildman–Crippen MR) is 26.7 cm³/mol. The van der Waals surface area contributed by atoms with E-state index in [-0.39, 0.29) is 54.9 Å². The Balaban J connectivity index is -0.0000000267. The van der Waals surface area contributed by atoms with E-state index >= 15 is 0 Å². The van der Waals surface area contributed by atoms with Gasteiger partial charge in [0.05, 0.1) is 0 Å². The van der Waals surface area contributed by atoms with E-state index in [1.54, 1.807) is 0 Å². The first-order valence-electron chi connectivity index (χ1n) is 0.783. The second-order valence-electron chi connectivity index (χ2n) is 0.513. The van der Waals surface area contributed by atoms with Crippen LogP contribution < -0.4 is 29.6 Å². The molecule has 42 valence electrons. The van der Waals surface area contributed by atoms with Gasteiger partial charge in [0.2, 0.25) is 0 Å². The summed E-state index contributed by atoms with van der Waals surface area (Å²) in [5.74, 6) is 0. The third-order valence-corrected chi connectivity index (χ3v) is 0. The molecule has 0 aliphatic carbocycles. The fraction of sp³-hybridized carbons (Fsp3) is 0. The van der Waals surface area contributed by atoms with Crippen LogP contribution in [0.3, 0.4) is 0 Å². The molecule has 7 heavy (non-hydrogen) atoms. The maximum absolute atomic E-state index is 8.88. The number of rotatable bonds is 0. The Kier molecular flexibility index (Phi) is 13.8. The van der Waals surface area contributed by atoms with Crippen LogP contribution in [0.4, 0.5) is 0 Å². The molecule has 0 heterocycles. The number of hydrogen-bond donors (Lipinski definition) is 3. The summed E-state index contributed by atoms with van der Waals surface area (Å²) in [6.07, 6.45) is 0. The average Bonchev–Trinajstić information content (AvgIpc) is 0.722. The molecule has 0 aliphatic heterocycles. The monoisotopic (exact) mass is 246 g/mol. The van der Waals surface area contributed by atoms with E-state index in [9.17, 15) is 0 Å². The van der Waals surface area contributed by atoms with Crippen molar-refractivity contribution in [3.8, 4) is 0 Å². The molecule has 0 aromatic rings. The maximum atomic E-state index is 8.88. The summed E-state index contributed by atoms with van der Waals surface area (Å²) in [5, 5.41) is 0. The first kappa shape index (κ1) is 16.0. The SMILES string of the molecule is O=P(O)(O)O.[H-].[Na+].[SnH4]. The van der Waals surface area contributed by atoms with Crippen LogP contribution in [0.5, 0.6) is 0 Å². The minimum absolute atomic E-state index is 0. The summed E-state index contributed by atoms with van der Waals surface area (Å²) >= 11 is 0. The summed E-state index contributed by atoms with van der Waals surface area (Å²) in [6.45, 7) is 0. The first-order valence-corrected chi connectivity index (χ1v) is 2.35. The van der Waals surface area contributed by atoms with Gasteiger partial charge in [0, 0.05) is 0 Å². The summed E-state index contributed by atoms with van der Waals surface area (Å²) in [7, 11) is -4.64. The molecule has 0 aliphatic rings. The van der Waals surface area contributed by atoms with Crippen molar-refractivity contribution in [2.75, 3.05) is 0 Å². The van der Waals surface area contributed by atoms with Crippen molar-refractivity contribution in [1.29, 1.82) is 0 Å². The summed E-state index contributed by atoms with van der Waals surface area (Å²) in [5.41, 5.74) is 0. The zero-order valence-corrected chi connectivity index (χ0v) is 6.09. The van der Waals surface area contributed by atoms with Gasteiger partial charge in [-0.2, -0.15) is 0 Å². The average molecular weight is 245 g/mol. The van der Waals surface area contributed by atoms with Gasteiger partial charge in [0.15, 0.2) is 0 Å². The molecule has 0 rings (SSSR count). The number of hydrogen-bond acceptors (Lipinski definition) is 1. The Bertz CT molecular complexity index is 62.2. The molecule has 0 spiro atoms. The van der Waals surface area contributed by atoms with Gasteiger partial charge in [-0.05, 0) is 0 Å². The Morgan fingerprint density at radius 1 is 1.29 bits per heavy atom. The van der Waals surface area contributed by atoms with E-state index in [0.717, 1.165) is 0 Å². The molecule has 0 aromatic heterocycles. The second kappa shape index (κ2) is 6.04. The Labute approximate surface area is 81.3 Å². The van der Waals surface area contributed by atoms with Gasteiger partial charge in [-0.3, -0.25) is 0 Å². The van der Waals surface area contributed by atoms with Crippen LogP contribution in [0, 0.1) is 0 Å². The molecule has 0 bridgehead atoms. The zero-order chi connectivity index (χ0) is 4.50. The van der Waals surface area contributed by atoms with Gasteiger partial charge in [0.1, 0.15) is 0 Å². The molecule has 0 aromatic carbocycles. The molecule has 0 fully saturated rings. The first-order chi connectivity index (χ1) is 2.00. The van der Waals surface area contributed by atoms with E-state index < -0.39 is 7.82 Å². The predicted octanol–water partition coefficient (Wildman–Crippen LogP) is -5.26. The van der Waals surface area contributed by atoms with Crippen LogP contribution in [-0.2, 0) is 4.57 Å². The molecule has 0 amide bonds. The van der Waals surface area contributed by atoms with Crippen molar-refractivity contribution in [1.82, 2.24) is 0 Å². The second-order valence-corrected chi connectivity index (χ2v) is 1.54. The van der Waals surface area contributed by atoms with Crippen LogP contribution in [0.1, 0.15) is 1.43 Å². The van der Waals surface area contributed by atoms with Crippen LogP contribution in [0.2, 0.25) is 0 Å². The van der Waals surface area contributed by atoms with Gasteiger partial charge >= 0.3 is 61.3 Å². The minimum atomic E-state index is -4.64. The Morgan fingerprint density at radius 2 is 1.29 bits per heavy atom. The molecule has 4 nitrogen and oxygen atoms in total. The zero-order valence-electron chi connectivity index (χ0n) is 4.20. The molecular weight excluding hydrogens is 237 g/mol. The Morgan fingerprint density at radius 3 is 1.29 bits per heavy atom. The molecule has 7 heteroatoms. The van der Waals surface area contributed by atoms with Gasteiger partial charge in [0.25, 0.3) is 0 Å². The molecule has 3 N–H and O–H groups in total. The van der Waals surface area contributed by atoms with E-state index in [2.05, 4.69) is 0 Å². The van der Waals surface area contributed by atoms with Gasteiger partial charge in [-0.1, -0.05) is 0 Å². The quantitative estimate of drug-likeness (QED) is 0.294. The normalized spacial score (nSPS) is 8.43. The standard InChI is InChI=1S/Na.H3O4P.Sn.5H/c;1-5(2,3)4;;;;;;/h;(H3,1,2,3,4);;;;;;/q+1;;;;;;;-1. The van der Waals surface area contributed by atoms with Crippen molar-refractivity contribution in [3.63, 3.8) is 0 Å². The topological polar surface area (TPSA) is 77.8 Å². The third kappa shape index (κ3) is 75.8. The van der Waals surface area contributed by atoms with Crippen molar-refractivity contribution in [3.05, 3.63) is 0 Å². The van der Waals surface area contributed by atoms with E-state index in [1.165, 1.54) is 0 Å². The fourth-order valence-electron chi connectivity index (χ4n) is 0. The van der Waals surface area contributed by atoms with Crippen molar-refractivity contribution in [2.45, 2.75) is 0 Å². The van der Waals surface area contributed by atoms with Crippen LogP contribution in [-0.4, -0.2) is 38.6 Å². The fourth-order valence-corrected chi connectivity index (χ4v) is 0. The molecule has 0 unspecified atom stereocenters. The van der Waals surface area contributed by atoms with E-state index in [0.29, 0.717) is 0 Å². The van der Waals surface area contributed by atoms with Crippen LogP contribution >= 0.6 is 7.82 Å². The van der Waals surface area contributed by atoms with Crippen molar-refractivity contribution in [2.24, 2.45) is 0 Å².